The Morgan fingerprint density at radius 1 is 1.10 bits per heavy atom. The maximum absolute atomic E-state index is 12.7. The van der Waals surface area contributed by atoms with Crippen LogP contribution >= 0.6 is 0 Å². The first-order chi connectivity index (χ1) is 9.98. The van der Waals surface area contributed by atoms with E-state index in [-0.39, 0.29) is 17.2 Å². The van der Waals surface area contributed by atoms with Gasteiger partial charge in [0.2, 0.25) is 11.8 Å². The van der Waals surface area contributed by atoms with Gasteiger partial charge in [0.1, 0.15) is 0 Å². The minimum absolute atomic E-state index is 0.115. The average Bonchev–Trinajstić information content (AvgIpc) is 2.97. The van der Waals surface area contributed by atoms with E-state index in [2.05, 4.69) is 4.90 Å². The first-order valence-electron chi connectivity index (χ1n) is 7.90. The molecule has 0 spiro atoms. The summed E-state index contributed by atoms with van der Waals surface area (Å²) >= 11 is 0. The van der Waals surface area contributed by atoms with Crippen molar-refractivity contribution >= 4 is 11.8 Å². The van der Waals surface area contributed by atoms with Gasteiger partial charge in [-0.1, -0.05) is 12.8 Å². The SMILES string of the molecule is CN(C)C(=O)CN1CCN(C(=O)C2(CN)CCCC2)CC1. The van der Waals surface area contributed by atoms with Gasteiger partial charge < -0.3 is 15.5 Å². The fourth-order valence-corrected chi connectivity index (χ4v) is 3.33. The van der Waals surface area contributed by atoms with Crippen LogP contribution in [0.5, 0.6) is 0 Å². The molecule has 0 radical (unpaired) electrons. The molecule has 0 bridgehead atoms. The predicted molar refractivity (Wildman–Crippen MR) is 81.7 cm³/mol. The van der Waals surface area contributed by atoms with Crippen molar-refractivity contribution in [2.45, 2.75) is 25.7 Å². The van der Waals surface area contributed by atoms with Gasteiger partial charge in [0.05, 0.1) is 12.0 Å². The minimum Gasteiger partial charge on any atom is -0.348 e. The van der Waals surface area contributed by atoms with Gasteiger partial charge in [0.25, 0.3) is 0 Å². The van der Waals surface area contributed by atoms with Crippen LogP contribution in [0.1, 0.15) is 25.7 Å². The molecule has 0 atom stereocenters. The molecule has 0 aromatic carbocycles. The lowest BCUT2D eigenvalue weighted by Crippen LogP contribution is -2.55. The van der Waals surface area contributed by atoms with E-state index in [1.807, 2.05) is 4.90 Å². The highest BCUT2D eigenvalue weighted by molar-refractivity contribution is 5.83. The van der Waals surface area contributed by atoms with Gasteiger partial charge in [-0.15, -0.1) is 0 Å². The van der Waals surface area contributed by atoms with E-state index in [1.165, 1.54) is 0 Å². The summed E-state index contributed by atoms with van der Waals surface area (Å²) in [5.41, 5.74) is 5.59. The van der Waals surface area contributed by atoms with Crippen LogP contribution in [0, 0.1) is 5.41 Å². The van der Waals surface area contributed by atoms with Crippen molar-refractivity contribution in [3.8, 4) is 0 Å². The van der Waals surface area contributed by atoms with Crippen molar-refractivity contribution in [3.63, 3.8) is 0 Å². The largest absolute Gasteiger partial charge is 0.348 e. The standard InChI is InChI=1S/C15H28N4O2/c1-17(2)13(20)11-18-7-9-19(10-8-18)14(21)15(12-16)5-3-4-6-15/h3-12,16H2,1-2H3. The summed E-state index contributed by atoms with van der Waals surface area (Å²) in [5.74, 6) is 0.352. The third kappa shape index (κ3) is 3.55. The van der Waals surface area contributed by atoms with Crippen molar-refractivity contribution in [2.24, 2.45) is 11.1 Å². The summed E-state index contributed by atoms with van der Waals surface area (Å²) < 4.78 is 0. The van der Waals surface area contributed by atoms with Gasteiger partial charge >= 0.3 is 0 Å². The van der Waals surface area contributed by atoms with Crippen LogP contribution in [-0.4, -0.2) is 79.9 Å². The Bertz CT molecular complexity index is 383. The fourth-order valence-electron chi connectivity index (χ4n) is 3.33. The molecule has 6 nitrogen and oxygen atoms in total. The summed E-state index contributed by atoms with van der Waals surface area (Å²) in [5, 5.41) is 0. The summed E-state index contributed by atoms with van der Waals surface area (Å²) in [6, 6.07) is 0. The number of nitrogens with zero attached hydrogens (tertiary/aromatic N) is 3. The zero-order valence-electron chi connectivity index (χ0n) is 13.3. The van der Waals surface area contributed by atoms with Gasteiger partial charge in [-0.3, -0.25) is 14.5 Å². The van der Waals surface area contributed by atoms with Crippen molar-refractivity contribution in [3.05, 3.63) is 0 Å². The number of carbonyl (C=O) groups is 2. The third-order valence-corrected chi connectivity index (χ3v) is 4.92. The number of hydrogen-bond acceptors (Lipinski definition) is 4. The van der Waals surface area contributed by atoms with E-state index in [9.17, 15) is 9.59 Å². The molecule has 21 heavy (non-hydrogen) atoms. The monoisotopic (exact) mass is 296 g/mol. The minimum atomic E-state index is -0.304. The Balaban J connectivity index is 1.86. The molecule has 6 heteroatoms. The molecule has 0 unspecified atom stereocenters. The van der Waals surface area contributed by atoms with Crippen LogP contribution in [0.4, 0.5) is 0 Å². The van der Waals surface area contributed by atoms with Gasteiger partial charge in [-0.2, -0.15) is 0 Å². The van der Waals surface area contributed by atoms with Crippen molar-refractivity contribution in [1.29, 1.82) is 0 Å². The molecule has 1 aliphatic heterocycles. The molecule has 1 saturated heterocycles. The number of rotatable bonds is 4. The third-order valence-electron chi connectivity index (χ3n) is 4.92. The molecule has 2 rings (SSSR count). The van der Waals surface area contributed by atoms with Crippen LogP contribution in [0.25, 0.3) is 0 Å². The van der Waals surface area contributed by atoms with Crippen LogP contribution in [0.2, 0.25) is 0 Å². The first-order valence-corrected chi connectivity index (χ1v) is 7.90. The summed E-state index contributed by atoms with van der Waals surface area (Å²) in [6.07, 6.45) is 4.09. The van der Waals surface area contributed by atoms with Crippen LogP contribution in [0.15, 0.2) is 0 Å². The lowest BCUT2D eigenvalue weighted by Gasteiger charge is -2.39. The highest BCUT2D eigenvalue weighted by Crippen LogP contribution is 2.38. The Morgan fingerprint density at radius 2 is 1.67 bits per heavy atom. The number of carbonyl (C=O) groups excluding carboxylic acids is 2. The van der Waals surface area contributed by atoms with E-state index < -0.39 is 0 Å². The average molecular weight is 296 g/mol. The molecule has 0 aromatic rings. The molecule has 1 saturated carbocycles. The molecule has 120 valence electrons. The second-order valence-corrected chi connectivity index (χ2v) is 6.55. The number of likely N-dealkylation sites (N-methyl/N-ethyl adjacent to an activating group) is 1. The van der Waals surface area contributed by atoms with Crippen LogP contribution in [-0.2, 0) is 9.59 Å². The predicted octanol–water partition coefficient (Wildman–Crippen LogP) is -0.262. The lowest BCUT2D eigenvalue weighted by molar-refractivity contribution is -0.143. The molecule has 0 aromatic heterocycles. The maximum atomic E-state index is 12.7. The van der Waals surface area contributed by atoms with E-state index in [4.69, 9.17) is 5.73 Å². The lowest BCUT2D eigenvalue weighted by atomic mass is 9.84. The summed E-state index contributed by atoms with van der Waals surface area (Å²) in [7, 11) is 3.54. The Hall–Kier alpha value is -1.14. The van der Waals surface area contributed by atoms with E-state index in [0.29, 0.717) is 26.2 Å². The highest BCUT2D eigenvalue weighted by atomic mass is 16.2. The van der Waals surface area contributed by atoms with E-state index >= 15 is 0 Å². The Labute approximate surface area is 127 Å². The van der Waals surface area contributed by atoms with Gasteiger partial charge in [0.15, 0.2) is 0 Å². The molecular formula is C15H28N4O2. The van der Waals surface area contributed by atoms with Crippen LogP contribution < -0.4 is 5.73 Å². The molecule has 2 fully saturated rings. The maximum Gasteiger partial charge on any atom is 0.236 e. The smallest absolute Gasteiger partial charge is 0.236 e. The molecule has 2 N–H and O–H groups in total. The van der Waals surface area contributed by atoms with Crippen LogP contribution in [0.3, 0.4) is 0 Å². The molecule has 2 aliphatic rings. The number of nitrogens with two attached hydrogens (primary N) is 1. The fraction of sp³-hybridized carbons (Fsp3) is 0.867. The Morgan fingerprint density at radius 3 is 2.14 bits per heavy atom. The highest BCUT2D eigenvalue weighted by Gasteiger charge is 2.42. The normalized spacial score (nSPS) is 22.3. The van der Waals surface area contributed by atoms with Gasteiger partial charge in [-0.05, 0) is 12.8 Å². The van der Waals surface area contributed by atoms with Gasteiger partial charge in [0, 0.05) is 46.8 Å². The summed E-state index contributed by atoms with van der Waals surface area (Å²) in [6.45, 7) is 3.86. The second-order valence-electron chi connectivity index (χ2n) is 6.55. The second kappa shape index (κ2) is 6.75. The van der Waals surface area contributed by atoms with Crippen molar-refractivity contribution in [1.82, 2.24) is 14.7 Å². The topological polar surface area (TPSA) is 69.9 Å². The Kier molecular flexibility index (Phi) is 5.22. The molecule has 2 amide bonds. The molecule has 1 aliphatic carbocycles. The number of piperazine rings is 1. The number of hydrogen-bond donors (Lipinski definition) is 1. The summed E-state index contributed by atoms with van der Waals surface area (Å²) in [4.78, 5) is 30.1. The quantitative estimate of drug-likeness (QED) is 0.776. The van der Waals surface area contributed by atoms with E-state index in [0.717, 1.165) is 38.8 Å². The zero-order valence-corrected chi connectivity index (χ0v) is 13.3. The first kappa shape index (κ1) is 16.2. The van der Waals surface area contributed by atoms with Crippen molar-refractivity contribution in [2.75, 3.05) is 53.4 Å². The van der Waals surface area contributed by atoms with Crippen molar-refractivity contribution < 1.29 is 9.59 Å². The number of amides is 2. The molecule has 1 heterocycles. The van der Waals surface area contributed by atoms with Gasteiger partial charge in [-0.25, -0.2) is 0 Å². The zero-order chi connectivity index (χ0) is 15.5. The van der Waals surface area contributed by atoms with E-state index in [1.54, 1.807) is 19.0 Å². The molecular weight excluding hydrogens is 268 g/mol.